The number of rotatable bonds is 7. The molecule has 5 nitrogen and oxygen atoms in total. The average Bonchev–Trinajstić information content (AvgIpc) is 2.16. The molecule has 0 amide bonds. The largest absolute Gasteiger partial charge is 0.348 e. The van der Waals surface area contributed by atoms with Gasteiger partial charge in [0, 0.05) is 0 Å². The number of hydrogen-bond acceptors (Lipinski definition) is 4. The van der Waals surface area contributed by atoms with Crippen LogP contribution < -0.4 is 4.72 Å². The summed E-state index contributed by atoms with van der Waals surface area (Å²) in [6.45, 7) is 11.3. The average molecular weight is 285 g/mol. The zero-order valence-corrected chi connectivity index (χ0v) is 13.2. The lowest BCUT2D eigenvalue weighted by Crippen LogP contribution is -2.38. The first-order chi connectivity index (χ1) is 7.67. The van der Waals surface area contributed by atoms with E-state index in [1.807, 2.05) is 20.8 Å². The molecule has 0 saturated heterocycles. The minimum absolute atomic E-state index is 0.297. The molecular formula is C10H24NO4PS. The highest BCUT2D eigenvalue weighted by atomic mass is 32.2. The predicted molar refractivity (Wildman–Crippen MR) is 71.4 cm³/mol. The van der Waals surface area contributed by atoms with Gasteiger partial charge in [-0.3, -0.25) is 4.57 Å². The highest BCUT2D eigenvalue weighted by Crippen LogP contribution is 2.51. The normalized spacial score (nSPS) is 16.8. The maximum atomic E-state index is 12.3. The highest BCUT2D eigenvalue weighted by Gasteiger charge is 2.34. The van der Waals surface area contributed by atoms with Crippen LogP contribution in [0.3, 0.4) is 0 Å². The van der Waals surface area contributed by atoms with Crippen LogP contribution in [0.5, 0.6) is 0 Å². The van der Waals surface area contributed by atoms with Gasteiger partial charge in [0.05, 0.1) is 28.9 Å². The van der Waals surface area contributed by atoms with Gasteiger partial charge in [0.2, 0.25) is 0 Å². The maximum absolute atomic E-state index is 12.3. The van der Waals surface area contributed by atoms with Crippen molar-refractivity contribution in [1.82, 2.24) is 4.72 Å². The van der Waals surface area contributed by atoms with Gasteiger partial charge in [-0.05, 0) is 41.5 Å². The molecule has 17 heavy (non-hydrogen) atoms. The zero-order chi connectivity index (χ0) is 13.7. The van der Waals surface area contributed by atoms with Gasteiger partial charge in [-0.15, -0.1) is 0 Å². The molecule has 0 saturated carbocycles. The van der Waals surface area contributed by atoms with Crippen molar-refractivity contribution in [3.8, 4) is 0 Å². The molecule has 0 spiro atoms. The molecule has 0 heterocycles. The molecule has 0 aliphatic carbocycles. The Bertz CT molecular complexity index is 293. The molecule has 0 radical (unpaired) electrons. The van der Waals surface area contributed by atoms with E-state index in [1.165, 1.54) is 0 Å². The van der Waals surface area contributed by atoms with Crippen LogP contribution in [-0.2, 0) is 24.6 Å². The molecule has 2 atom stereocenters. The Kier molecular flexibility index (Phi) is 7.11. The minimum atomic E-state index is -3.24. The second-order valence-electron chi connectivity index (χ2n) is 4.55. The summed E-state index contributed by atoms with van der Waals surface area (Å²) in [4.78, 5) is 0. The molecule has 0 aliphatic rings. The summed E-state index contributed by atoms with van der Waals surface area (Å²) in [7, 11) is -4.54. The SMILES string of the molecule is CCOP(=O)(OCC)[C@H](C)N[S@@](=O)C(C)(C)C. The Morgan fingerprint density at radius 2 is 1.65 bits per heavy atom. The third-order valence-electron chi connectivity index (χ3n) is 1.93. The fraction of sp³-hybridized carbons (Fsp3) is 1.00. The van der Waals surface area contributed by atoms with Crippen LogP contribution in [-0.4, -0.2) is 28.0 Å². The Balaban J connectivity index is 4.70. The molecule has 1 N–H and O–H groups in total. The summed E-state index contributed by atoms with van der Waals surface area (Å²) >= 11 is 0. The van der Waals surface area contributed by atoms with E-state index < -0.39 is 29.1 Å². The lowest BCUT2D eigenvalue weighted by molar-refractivity contribution is 0.212. The second kappa shape index (κ2) is 7.00. The highest BCUT2D eigenvalue weighted by molar-refractivity contribution is 7.84. The summed E-state index contributed by atoms with van der Waals surface area (Å²) in [5.41, 5.74) is 0. The molecule has 7 heteroatoms. The Morgan fingerprint density at radius 3 is 1.94 bits per heavy atom. The monoisotopic (exact) mass is 285 g/mol. The van der Waals surface area contributed by atoms with Crippen molar-refractivity contribution < 1.29 is 17.8 Å². The van der Waals surface area contributed by atoms with E-state index >= 15 is 0 Å². The molecule has 0 aromatic rings. The quantitative estimate of drug-likeness (QED) is 0.730. The number of nitrogens with one attached hydrogen (secondary N) is 1. The van der Waals surface area contributed by atoms with Gasteiger partial charge in [-0.1, -0.05) is 0 Å². The van der Waals surface area contributed by atoms with E-state index in [0.717, 1.165) is 0 Å². The summed E-state index contributed by atoms with van der Waals surface area (Å²) in [5, 5.41) is 0. The van der Waals surface area contributed by atoms with E-state index in [4.69, 9.17) is 9.05 Å². The summed E-state index contributed by atoms with van der Waals surface area (Å²) < 4.78 is 37.0. The molecule has 104 valence electrons. The van der Waals surface area contributed by atoms with Crippen LogP contribution >= 0.6 is 7.60 Å². The van der Waals surface area contributed by atoms with Crippen LogP contribution in [0.4, 0.5) is 0 Å². The molecule has 0 aliphatic heterocycles. The lowest BCUT2D eigenvalue weighted by Gasteiger charge is -2.26. The van der Waals surface area contributed by atoms with Gasteiger partial charge in [0.15, 0.2) is 0 Å². The lowest BCUT2D eigenvalue weighted by atomic mass is 10.3. The van der Waals surface area contributed by atoms with Crippen LogP contribution in [0, 0.1) is 0 Å². The van der Waals surface area contributed by atoms with Gasteiger partial charge < -0.3 is 9.05 Å². The van der Waals surface area contributed by atoms with E-state index in [1.54, 1.807) is 20.8 Å². The van der Waals surface area contributed by atoms with E-state index in [2.05, 4.69) is 4.72 Å². The Labute approximate surface area is 107 Å². The third kappa shape index (κ3) is 5.62. The Morgan fingerprint density at radius 1 is 1.24 bits per heavy atom. The smallest absolute Gasteiger partial charge is 0.308 e. The van der Waals surface area contributed by atoms with Gasteiger partial charge in [-0.25, -0.2) is 8.93 Å². The van der Waals surface area contributed by atoms with E-state index in [-0.39, 0.29) is 0 Å². The molecule has 0 unspecified atom stereocenters. The summed E-state index contributed by atoms with van der Waals surface area (Å²) in [6.07, 6.45) is 0. The minimum Gasteiger partial charge on any atom is -0.308 e. The first kappa shape index (κ1) is 17.3. The van der Waals surface area contributed by atoms with Crippen molar-refractivity contribution in [3.05, 3.63) is 0 Å². The van der Waals surface area contributed by atoms with E-state index in [0.29, 0.717) is 13.2 Å². The summed E-state index contributed by atoms with van der Waals surface area (Å²) in [5.74, 6) is -0.595. The number of hydrogen-bond donors (Lipinski definition) is 1. The van der Waals surface area contributed by atoms with Gasteiger partial charge in [0.1, 0.15) is 5.78 Å². The van der Waals surface area contributed by atoms with Crippen LogP contribution in [0.2, 0.25) is 0 Å². The van der Waals surface area contributed by atoms with Crippen molar-refractivity contribution in [2.45, 2.75) is 52.1 Å². The van der Waals surface area contributed by atoms with Gasteiger partial charge >= 0.3 is 7.60 Å². The molecule has 0 fully saturated rings. The standard InChI is InChI=1S/C10H24NO4PS/c1-7-14-16(12,15-8-2)9(3)11-17(13)10(4,5)6/h9,11H,7-8H2,1-6H3/t9-,17+/m1/s1. The van der Waals surface area contributed by atoms with Crippen LogP contribution in [0.15, 0.2) is 0 Å². The summed E-state index contributed by atoms with van der Waals surface area (Å²) in [6, 6.07) is 0. The van der Waals surface area contributed by atoms with Crippen LogP contribution in [0.1, 0.15) is 41.5 Å². The molecular weight excluding hydrogens is 261 g/mol. The zero-order valence-electron chi connectivity index (χ0n) is 11.5. The van der Waals surface area contributed by atoms with Gasteiger partial charge in [0.25, 0.3) is 0 Å². The van der Waals surface area contributed by atoms with Crippen molar-refractivity contribution in [2.75, 3.05) is 13.2 Å². The van der Waals surface area contributed by atoms with E-state index in [9.17, 15) is 8.77 Å². The molecule has 0 aromatic heterocycles. The maximum Gasteiger partial charge on any atom is 0.348 e. The molecule has 0 rings (SSSR count). The van der Waals surface area contributed by atoms with Gasteiger partial charge in [-0.2, -0.15) is 0 Å². The molecule has 0 bridgehead atoms. The predicted octanol–water partition coefficient (Wildman–Crippen LogP) is 2.65. The van der Waals surface area contributed by atoms with Crippen molar-refractivity contribution >= 4 is 18.6 Å². The van der Waals surface area contributed by atoms with Crippen molar-refractivity contribution in [1.29, 1.82) is 0 Å². The Hall–Kier alpha value is 0.260. The topological polar surface area (TPSA) is 64.6 Å². The first-order valence-electron chi connectivity index (χ1n) is 5.74. The molecule has 0 aromatic carbocycles. The van der Waals surface area contributed by atoms with Crippen molar-refractivity contribution in [2.24, 2.45) is 0 Å². The fourth-order valence-corrected chi connectivity index (χ4v) is 3.73. The fourth-order valence-electron chi connectivity index (χ4n) is 1.02. The third-order valence-corrected chi connectivity index (χ3v) is 6.09. The first-order valence-corrected chi connectivity index (χ1v) is 8.50. The van der Waals surface area contributed by atoms with Crippen molar-refractivity contribution in [3.63, 3.8) is 0 Å². The second-order valence-corrected chi connectivity index (χ2v) is 8.92. The van der Waals surface area contributed by atoms with Crippen LogP contribution in [0.25, 0.3) is 0 Å².